The van der Waals surface area contributed by atoms with Crippen LogP contribution < -0.4 is 0 Å². The van der Waals surface area contributed by atoms with E-state index in [4.69, 9.17) is 11.6 Å². The van der Waals surface area contributed by atoms with Crippen molar-refractivity contribution in [2.75, 3.05) is 13.1 Å². The topological polar surface area (TPSA) is 56.0 Å². The summed E-state index contributed by atoms with van der Waals surface area (Å²) in [6.45, 7) is 10.3. The van der Waals surface area contributed by atoms with Gasteiger partial charge in [-0.15, -0.1) is 11.6 Å². The molecule has 0 atom stereocenters. The molecule has 0 saturated carbocycles. The van der Waals surface area contributed by atoms with Crippen LogP contribution in [0.4, 0.5) is 0 Å². The molecule has 0 fully saturated rings. The highest BCUT2D eigenvalue weighted by molar-refractivity contribution is 6.16. The molecule has 0 aliphatic carbocycles. The van der Waals surface area contributed by atoms with Crippen molar-refractivity contribution in [2.45, 2.75) is 46.7 Å². The lowest BCUT2D eigenvalue weighted by atomic mass is 10.4. The maximum Gasteiger partial charge on any atom is 0.242 e. The van der Waals surface area contributed by atoms with Crippen LogP contribution in [0.2, 0.25) is 0 Å². The molecule has 0 saturated heterocycles. The summed E-state index contributed by atoms with van der Waals surface area (Å²) in [6, 6.07) is 0. The highest BCUT2D eigenvalue weighted by Gasteiger charge is 2.20. The van der Waals surface area contributed by atoms with E-state index in [1.54, 1.807) is 0 Å². The lowest BCUT2D eigenvalue weighted by Crippen LogP contribution is -2.34. The van der Waals surface area contributed by atoms with Crippen LogP contribution in [0.5, 0.6) is 0 Å². The fourth-order valence-electron chi connectivity index (χ4n) is 2.57. The molecule has 2 heterocycles. The molecule has 0 aromatic carbocycles. The molecule has 0 spiro atoms. The molecular formula is C14H22ClN5O. The van der Waals surface area contributed by atoms with Crippen molar-refractivity contribution in [1.82, 2.24) is 24.2 Å². The van der Waals surface area contributed by atoms with Gasteiger partial charge in [0.1, 0.15) is 17.9 Å². The second-order valence-electron chi connectivity index (χ2n) is 4.89. The van der Waals surface area contributed by atoms with Gasteiger partial charge in [0.2, 0.25) is 5.91 Å². The van der Waals surface area contributed by atoms with Gasteiger partial charge in [-0.2, -0.15) is 5.10 Å². The molecule has 2 aromatic rings. The predicted molar refractivity (Wildman–Crippen MR) is 83.4 cm³/mol. The highest BCUT2D eigenvalue weighted by atomic mass is 35.5. The van der Waals surface area contributed by atoms with Crippen LogP contribution in [0.25, 0.3) is 11.2 Å². The molecule has 0 unspecified atom stereocenters. The van der Waals surface area contributed by atoms with Gasteiger partial charge < -0.3 is 9.47 Å². The molecule has 21 heavy (non-hydrogen) atoms. The SMILES string of the molecule is CCN(CC)C(=O)Cn1c(CCl)nc2c(C)nn(CC)c21. The number of hydrogen-bond acceptors (Lipinski definition) is 3. The Kier molecular flexibility index (Phi) is 4.88. The summed E-state index contributed by atoms with van der Waals surface area (Å²) < 4.78 is 3.77. The molecule has 0 N–H and O–H groups in total. The van der Waals surface area contributed by atoms with Crippen molar-refractivity contribution in [3.05, 3.63) is 11.5 Å². The van der Waals surface area contributed by atoms with Gasteiger partial charge in [0.25, 0.3) is 0 Å². The highest BCUT2D eigenvalue weighted by Crippen LogP contribution is 2.21. The van der Waals surface area contributed by atoms with Crippen LogP contribution in [-0.4, -0.2) is 43.2 Å². The van der Waals surface area contributed by atoms with Gasteiger partial charge in [0.15, 0.2) is 5.65 Å². The minimum Gasteiger partial charge on any atom is -0.342 e. The van der Waals surface area contributed by atoms with E-state index in [-0.39, 0.29) is 18.3 Å². The molecule has 7 heteroatoms. The number of amides is 1. The Labute approximate surface area is 129 Å². The van der Waals surface area contributed by atoms with E-state index in [0.29, 0.717) is 13.1 Å². The Balaban J connectivity index is 2.48. The zero-order valence-corrected chi connectivity index (χ0v) is 13.8. The summed E-state index contributed by atoms with van der Waals surface area (Å²) in [5, 5.41) is 4.46. The fourth-order valence-corrected chi connectivity index (χ4v) is 2.77. The number of alkyl halides is 1. The molecule has 2 rings (SSSR count). The first kappa shape index (κ1) is 15.8. The van der Waals surface area contributed by atoms with Gasteiger partial charge >= 0.3 is 0 Å². The van der Waals surface area contributed by atoms with Gasteiger partial charge in [0.05, 0.1) is 11.6 Å². The number of likely N-dealkylation sites (N-methyl/N-ethyl adjacent to an activating group) is 1. The third-order valence-corrected chi connectivity index (χ3v) is 3.95. The number of hydrogen-bond donors (Lipinski definition) is 0. The summed E-state index contributed by atoms with van der Waals surface area (Å²) in [5.74, 6) is 1.07. The number of aromatic nitrogens is 4. The zero-order valence-electron chi connectivity index (χ0n) is 13.1. The Morgan fingerprint density at radius 3 is 2.48 bits per heavy atom. The van der Waals surface area contributed by atoms with Crippen molar-refractivity contribution in [3.8, 4) is 0 Å². The van der Waals surface area contributed by atoms with E-state index < -0.39 is 0 Å². The number of carbonyl (C=O) groups is 1. The van der Waals surface area contributed by atoms with Gasteiger partial charge in [0, 0.05) is 19.6 Å². The number of rotatable bonds is 6. The number of fused-ring (bicyclic) bond motifs is 1. The molecule has 0 aliphatic heterocycles. The van der Waals surface area contributed by atoms with E-state index >= 15 is 0 Å². The Hall–Kier alpha value is -1.56. The first-order chi connectivity index (χ1) is 10.1. The lowest BCUT2D eigenvalue weighted by molar-refractivity contribution is -0.131. The van der Waals surface area contributed by atoms with E-state index in [2.05, 4.69) is 10.1 Å². The predicted octanol–water partition coefficient (Wildman–Crippen LogP) is 2.17. The van der Waals surface area contributed by atoms with Crippen LogP contribution in [0.15, 0.2) is 0 Å². The van der Waals surface area contributed by atoms with Crippen molar-refractivity contribution in [2.24, 2.45) is 0 Å². The van der Waals surface area contributed by atoms with Crippen LogP contribution in [0.1, 0.15) is 32.3 Å². The van der Waals surface area contributed by atoms with Crippen molar-refractivity contribution in [3.63, 3.8) is 0 Å². The van der Waals surface area contributed by atoms with Crippen molar-refractivity contribution < 1.29 is 4.79 Å². The summed E-state index contributed by atoms with van der Waals surface area (Å²) in [7, 11) is 0. The van der Waals surface area contributed by atoms with Gasteiger partial charge in [-0.25, -0.2) is 9.67 Å². The van der Waals surface area contributed by atoms with Crippen molar-refractivity contribution in [1.29, 1.82) is 0 Å². The summed E-state index contributed by atoms with van der Waals surface area (Å²) in [4.78, 5) is 18.7. The number of imidazole rings is 1. The quantitative estimate of drug-likeness (QED) is 0.768. The molecular weight excluding hydrogens is 290 g/mol. The standard InChI is InChI=1S/C14H22ClN5O/c1-5-18(6-2)12(21)9-19-11(8-15)16-13-10(4)17-20(7-3)14(13)19/h5-9H2,1-4H3. The van der Waals surface area contributed by atoms with E-state index in [9.17, 15) is 4.79 Å². The molecule has 6 nitrogen and oxygen atoms in total. The zero-order chi connectivity index (χ0) is 15.6. The molecule has 2 aromatic heterocycles. The Morgan fingerprint density at radius 1 is 1.29 bits per heavy atom. The molecule has 1 amide bonds. The van der Waals surface area contributed by atoms with Crippen molar-refractivity contribution >= 4 is 28.7 Å². The number of carbonyl (C=O) groups excluding carboxylic acids is 1. The molecule has 0 bridgehead atoms. The Morgan fingerprint density at radius 2 is 1.95 bits per heavy atom. The maximum absolute atomic E-state index is 12.4. The van der Waals surface area contributed by atoms with Gasteiger partial charge in [-0.3, -0.25) is 4.79 Å². The monoisotopic (exact) mass is 311 g/mol. The third-order valence-electron chi connectivity index (χ3n) is 3.71. The average Bonchev–Trinajstić information content (AvgIpc) is 2.99. The molecule has 0 radical (unpaired) electrons. The summed E-state index contributed by atoms with van der Waals surface area (Å²) >= 11 is 6.00. The molecule has 0 aliphatic rings. The minimum absolute atomic E-state index is 0.0761. The second kappa shape index (κ2) is 6.47. The van der Waals surface area contributed by atoms with E-state index in [1.165, 1.54) is 0 Å². The van der Waals surface area contributed by atoms with Gasteiger partial charge in [-0.1, -0.05) is 0 Å². The minimum atomic E-state index is 0.0761. The fraction of sp³-hybridized carbons (Fsp3) is 0.643. The number of aryl methyl sites for hydroxylation is 2. The first-order valence-electron chi connectivity index (χ1n) is 7.33. The smallest absolute Gasteiger partial charge is 0.242 e. The van der Waals surface area contributed by atoms with Crippen LogP contribution in [-0.2, 0) is 23.8 Å². The van der Waals surface area contributed by atoms with Crippen LogP contribution in [0.3, 0.4) is 0 Å². The number of halogens is 1. The average molecular weight is 312 g/mol. The lowest BCUT2D eigenvalue weighted by Gasteiger charge is -2.19. The third kappa shape index (κ3) is 2.77. The summed E-state index contributed by atoms with van der Waals surface area (Å²) in [5.41, 5.74) is 2.58. The largest absolute Gasteiger partial charge is 0.342 e. The van der Waals surface area contributed by atoms with E-state index in [0.717, 1.165) is 29.2 Å². The Bertz CT molecular complexity index is 641. The first-order valence-corrected chi connectivity index (χ1v) is 7.86. The number of nitrogens with zero attached hydrogens (tertiary/aromatic N) is 5. The second-order valence-corrected chi connectivity index (χ2v) is 5.15. The maximum atomic E-state index is 12.4. The van der Waals surface area contributed by atoms with E-state index in [1.807, 2.05) is 41.8 Å². The van der Waals surface area contributed by atoms with Gasteiger partial charge in [-0.05, 0) is 27.7 Å². The normalized spacial score (nSPS) is 11.3. The van der Waals surface area contributed by atoms with Crippen LogP contribution >= 0.6 is 11.6 Å². The molecule has 116 valence electrons. The summed E-state index contributed by atoms with van der Waals surface area (Å²) in [6.07, 6.45) is 0. The van der Waals surface area contributed by atoms with Crippen LogP contribution in [0, 0.1) is 6.92 Å².